The van der Waals surface area contributed by atoms with Crippen molar-refractivity contribution in [2.75, 3.05) is 5.33 Å². The van der Waals surface area contributed by atoms with Gasteiger partial charge >= 0.3 is 5.00 Å². The molecule has 1 heterocycles. The van der Waals surface area contributed by atoms with E-state index in [2.05, 4.69) is 21.2 Å². The number of alkyl halides is 1. The van der Waals surface area contributed by atoms with Gasteiger partial charge in [0.15, 0.2) is 0 Å². The number of halogens is 1. The number of amides is 1. The van der Waals surface area contributed by atoms with E-state index in [0.29, 0.717) is 4.88 Å². The summed E-state index contributed by atoms with van der Waals surface area (Å²) >= 11 is 4.36. The van der Waals surface area contributed by atoms with Crippen molar-refractivity contribution >= 4 is 38.2 Å². The molecule has 1 aromatic rings. The lowest BCUT2D eigenvalue weighted by Crippen LogP contribution is -2.47. The molecule has 1 amide bonds. The van der Waals surface area contributed by atoms with E-state index in [4.69, 9.17) is 0 Å². The van der Waals surface area contributed by atoms with E-state index >= 15 is 0 Å². The summed E-state index contributed by atoms with van der Waals surface area (Å²) in [6.45, 7) is 0. The van der Waals surface area contributed by atoms with Gasteiger partial charge in [0.05, 0.1) is 15.3 Å². The van der Waals surface area contributed by atoms with Crippen LogP contribution in [0.3, 0.4) is 0 Å². The largest absolute Gasteiger partial charge is 0.345 e. The van der Waals surface area contributed by atoms with Crippen LogP contribution in [0.1, 0.15) is 35.4 Å². The van der Waals surface area contributed by atoms with Crippen LogP contribution < -0.4 is 5.32 Å². The quantitative estimate of drug-likeness (QED) is 0.523. The number of nitrogens with one attached hydrogen (secondary N) is 1. The number of nitro groups is 1. The normalized spacial score (nSPS) is 17.6. The average Bonchev–Trinajstić information content (AvgIpc) is 2.98. The molecule has 1 aliphatic rings. The molecule has 0 aromatic carbocycles. The molecule has 0 spiro atoms. The first-order valence-corrected chi connectivity index (χ1v) is 7.63. The third-order valence-corrected chi connectivity index (χ3v) is 5.30. The number of thiophene rings is 1. The average molecular weight is 333 g/mol. The van der Waals surface area contributed by atoms with E-state index in [9.17, 15) is 14.9 Å². The summed E-state index contributed by atoms with van der Waals surface area (Å²) in [6, 6.07) is 2.88. The predicted octanol–water partition coefficient (Wildman–Crippen LogP) is 3.09. The molecule has 0 atom stereocenters. The monoisotopic (exact) mass is 332 g/mol. The van der Waals surface area contributed by atoms with Crippen LogP contribution in [-0.4, -0.2) is 21.7 Å². The summed E-state index contributed by atoms with van der Waals surface area (Å²) in [5, 5.41) is 14.3. The lowest BCUT2D eigenvalue weighted by atomic mass is 10.0. The molecule has 1 saturated carbocycles. The zero-order chi connectivity index (χ0) is 13.2. The summed E-state index contributed by atoms with van der Waals surface area (Å²) < 4.78 is 0. The fourth-order valence-corrected chi connectivity index (χ4v) is 3.61. The maximum Gasteiger partial charge on any atom is 0.324 e. The fourth-order valence-electron chi connectivity index (χ4n) is 2.19. The van der Waals surface area contributed by atoms with Crippen LogP contribution in [0.5, 0.6) is 0 Å². The molecule has 0 bridgehead atoms. The summed E-state index contributed by atoms with van der Waals surface area (Å²) in [7, 11) is 0. The zero-order valence-corrected chi connectivity index (χ0v) is 12.1. The van der Waals surface area contributed by atoms with E-state index in [-0.39, 0.29) is 16.4 Å². The Bertz CT molecular complexity index is 469. The Morgan fingerprint density at radius 3 is 2.67 bits per heavy atom. The highest BCUT2D eigenvalue weighted by molar-refractivity contribution is 9.09. The van der Waals surface area contributed by atoms with Crippen molar-refractivity contribution in [1.29, 1.82) is 0 Å². The summed E-state index contributed by atoms with van der Waals surface area (Å²) in [5.41, 5.74) is -0.185. The standard InChI is InChI=1S/C11H13BrN2O3S/c12-7-11(5-1-2-6-11)13-10(15)8-3-4-9(18-8)14(16)17/h3-4H,1-2,5-7H2,(H,13,15). The second-order valence-corrected chi connectivity index (χ2v) is 6.09. The molecular weight excluding hydrogens is 320 g/mol. The second-order valence-electron chi connectivity index (χ2n) is 4.47. The van der Waals surface area contributed by atoms with Gasteiger partial charge in [-0.3, -0.25) is 14.9 Å². The van der Waals surface area contributed by atoms with Gasteiger partial charge < -0.3 is 5.32 Å². The van der Waals surface area contributed by atoms with Crippen LogP contribution in [0.25, 0.3) is 0 Å². The van der Waals surface area contributed by atoms with E-state index in [1.54, 1.807) is 0 Å². The van der Waals surface area contributed by atoms with E-state index in [1.807, 2.05) is 0 Å². The van der Waals surface area contributed by atoms with Crippen molar-refractivity contribution in [2.24, 2.45) is 0 Å². The molecule has 1 fully saturated rings. The Morgan fingerprint density at radius 1 is 1.50 bits per heavy atom. The van der Waals surface area contributed by atoms with Gasteiger partial charge in [-0.05, 0) is 18.9 Å². The Balaban J connectivity index is 2.09. The highest BCUT2D eigenvalue weighted by Gasteiger charge is 2.34. The topological polar surface area (TPSA) is 72.2 Å². The number of carbonyl (C=O) groups is 1. The van der Waals surface area contributed by atoms with Crippen molar-refractivity contribution in [2.45, 2.75) is 31.2 Å². The first-order chi connectivity index (χ1) is 8.56. The Labute approximate surface area is 117 Å². The first-order valence-electron chi connectivity index (χ1n) is 5.69. The maximum atomic E-state index is 12.1. The molecule has 0 saturated heterocycles. The van der Waals surface area contributed by atoms with Gasteiger partial charge in [0.25, 0.3) is 5.91 Å². The molecule has 18 heavy (non-hydrogen) atoms. The minimum atomic E-state index is -0.475. The van der Waals surface area contributed by atoms with Gasteiger partial charge in [-0.1, -0.05) is 40.1 Å². The molecule has 0 radical (unpaired) electrons. The van der Waals surface area contributed by atoms with E-state index in [0.717, 1.165) is 42.4 Å². The Morgan fingerprint density at radius 2 is 2.17 bits per heavy atom. The van der Waals surface area contributed by atoms with Crippen molar-refractivity contribution in [3.8, 4) is 0 Å². The predicted molar refractivity (Wildman–Crippen MR) is 73.4 cm³/mol. The number of hydrogen-bond acceptors (Lipinski definition) is 4. The molecule has 7 heteroatoms. The van der Waals surface area contributed by atoms with Crippen molar-refractivity contribution in [3.05, 3.63) is 27.1 Å². The van der Waals surface area contributed by atoms with Crippen LogP contribution in [0.15, 0.2) is 12.1 Å². The highest BCUT2D eigenvalue weighted by Crippen LogP contribution is 2.32. The van der Waals surface area contributed by atoms with Gasteiger partial charge in [-0.25, -0.2) is 0 Å². The molecular formula is C11H13BrN2O3S. The SMILES string of the molecule is O=C(NC1(CBr)CCCC1)c1ccc([N+](=O)[O-])s1. The second kappa shape index (κ2) is 5.36. The lowest BCUT2D eigenvalue weighted by Gasteiger charge is -2.27. The number of nitrogens with zero attached hydrogens (tertiary/aromatic N) is 1. The van der Waals surface area contributed by atoms with Crippen molar-refractivity contribution in [3.63, 3.8) is 0 Å². The Kier molecular flexibility index (Phi) is 4.01. The third kappa shape index (κ3) is 2.72. The van der Waals surface area contributed by atoms with Crippen LogP contribution >= 0.6 is 27.3 Å². The van der Waals surface area contributed by atoms with E-state index < -0.39 is 4.92 Å². The van der Waals surface area contributed by atoms with Crippen LogP contribution in [0.4, 0.5) is 5.00 Å². The van der Waals surface area contributed by atoms with E-state index in [1.165, 1.54) is 12.1 Å². The lowest BCUT2D eigenvalue weighted by molar-refractivity contribution is -0.380. The van der Waals surface area contributed by atoms with Crippen LogP contribution in [0.2, 0.25) is 0 Å². The third-order valence-electron chi connectivity index (χ3n) is 3.19. The number of rotatable bonds is 4. The molecule has 2 rings (SSSR count). The first kappa shape index (κ1) is 13.5. The fraction of sp³-hybridized carbons (Fsp3) is 0.545. The molecule has 1 aromatic heterocycles. The molecule has 0 unspecified atom stereocenters. The maximum absolute atomic E-state index is 12.1. The van der Waals surface area contributed by atoms with Gasteiger partial charge in [0.2, 0.25) is 0 Å². The Hall–Kier alpha value is -0.950. The summed E-state index contributed by atoms with van der Waals surface area (Å²) in [6.07, 6.45) is 4.13. The molecule has 98 valence electrons. The minimum Gasteiger partial charge on any atom is -0.345 e. The van der Waals surface area contributed by atoms with Crippen molar-refractivity contribution in [1.82, 2.24) is 5.32 Å². The van der Waals surface area contributed by atoms with Crippen molar-refractivity contribution < 1.29 is 9.72 Å². The number of carbonyl (C=O) groups excluding carboxylic acids is 1. The van der Waals surface area contributed by atoms with Crippen LogP contribution in [-0.2, 0) is 0 Å². The highest BCUT2D eigenvalue weighted by atomic mass is 79.9. The van der Waals surface area contributed by atoms with Gasteiger partial charge in [-0.2, -0.15) is 0 Å². The molecule has 5 nitrogen and oxygen atoms in total. The smallest absolute Gasteiger partial charge is 0.324 e. The minimum absolute atomic E-state index is 0.000496. The van der Waals surface area contributed by atoms with Gasteiger partial charge in [0, 0.05) is 11.4 Å². The summed E-state index contributed by atoms with van der Waals surface area (Å²) in [4.78, 5) is 22.6. The molecule has 0 aliphatic heterocycles. The van der Waals surface area contributed by atoms with Gasteiger partial charge in [-0.15, -0.1) is 0 Å². The molecule has 1 aliphatic carbocycles. The summed E-state index contributed by atoms with van der Waals surface area (Å²) in [5.74, 6) is -0.213. The van der Waals surface area contributed by atoms with Gasteiger partial charge in [0.1, 0.15) is 0 Å². The number of hydrogen-bond donors (Lipinski definition) is 1. The molecule has 1 N–H and O–H groups in total. The van der Waals surface area contributed by atoms with Crippen LogP contribution in [0, 0.1) is 10.1 Å². The zero-order valence-electron chi connectivity index (χ0n) is 9.65.